The fourth-order valence-corrected chi connectivity index (χ4v) is 0. The first-order chi connectivity index (χ1) is 1.73. The Kier molecular flexibility index (Phi) is 6.42. The molecule has 0 aromatic carbocycles. The molecule has 0 amide bonds. The molecule has 0 aliphatic heterocycles. The molecule has 0 aromatic rings. The summed E-state index contributed by atoms with van der Waals surface area (Å²) in [5, 5.41) is 7.42. The molecule has 0 aliphatic carbocycles. The summed E-state index contributed by atoms with van der Waals surface area (Å²) in [6, 6.07) is 0. The molecule has 0 spiro atoms. The predicted octanol–water partition coefficient (Wildman–Crippen LogP) is -0.290. The maximum atomic E-state index is 9.00. The van der Waals surface area contributed by atoms with E-state index in [0.717, 1.165) is 6.92 Å². The Labute approximate surface area is 34.0 Å². The van der Waals surface area contributed by atoms with E-state index in [1.807, 2.05) is 0 Å². The first kappa shape index (κ1) is 8.82. The molecule has 0 aromatic heterocycles. The number of carbonyl (C=O) groups is 1. The van der Waals surface area contributed by atoms with Crippen molar-refractivity contribution in [3.63, 3.8) is 0 Å². The van der Waals surface area contributed by atoms with Gasteiger partial charge in [0.05, 0.1) is 0 Å². The average molecular weight is 69.1 g/mol. The van der Waals surface area contributed by atoms with E-state index in [0.29, 0.717) is 0 Å². The Hall–Kier alpha value is -0.361. The summed E-state index contributed by atoms with van der Waals surface area (Å²) in [7, 11) is 0. The van der Waals surface area contributed by atoms with Crippen LogP contribution in [0.1, 0.15) is 6.92 Å². The molecule has 3 heteroatoms. The zero-order valence-corrected chi connectivity index (χ0v) is 3.06. The smallest absolute Gasteiger partial charge is 0.300 e. The number of aliphatic carboxylic acids is 1. The summed E-state index contributed by atoms with van der Waals surface area (Å²) in [5.74, 6) is -0.833. The van der Waals surface area contributed by atoms with E-state index in [4.69, 9.17) is 9.90 Å². The van der Waals surface area contributed by atoms with Gasteiger partial charge in [-0.1, -0.05) is 0 Å². The number of hydrogen-bond acceptors (Lipinski definition) is 1. The largest absolute Gasteiger partial charge is 0.481 e. The standard InChI is InChI=1S/C2H4O2.Be/c1-2(3)4;/h1H3,(H,3,4);. The third kappa shape index (κ3) is 74.9. The average Bonchev–Trinajstić information content (AvgIpc) is 0.811. The topological polar surface area (TPSA) is 37.3 Å². The van der Waals surface area contributed by atoms with Gasteiger partial charge in [0.15, 0.2) is 0 Å². The van der Waals surface area contributed by atoms with Crippen LogP contribution in [-0.4, -0.2) is 21.2 Å². The van der Waals surface area contributed by atoms with Crippen LogP contribution in [0, 0.1) is 0 Å². The van der Waals surface area contributed by atoms with Crippen LogP contribution in [0.2, 0.25) is 0 Å². The van der Waals surface area contributed by atoms with Crippen LogP contribution in [0.25, 0.3) is 0 Å². The molecule has 0 atom stereocenters. The molecule has 0 fully saturated rings. The number of rotatable bonds is 0. The van der Waals surface area contributed by atoms with Gasteiger partial charge in [0.2, 0.25) is 0 Å². The van der Waals surface area contributed by atoms with E-state index >= 15 is 0 Å². The minimum atomic E-state index is -0.833. The molecule has 0 aliphatic rings. The van der Waals surface area contributed by atoms with Crippen LogP contribution in [0.5, 0.6) is 0 Å². The summed E-state index contributed by atoms with van der Waals surface area (Å²) in [6.45, 7) is 1.08. The first-order valence-electron chi connectivity index (χ1n) is 0.928. The van der Waals surface area contributed by atoms with Crippen molar-refractivity contribution in [3.05, 3.63) is 0 Å². The predicted molar refractivity (Wildman–Crippen MR) is 19.1 cm³/mol. The van der Waals surface area contributed by atoms with Gasteiger partial charge in [-0.25, -0.2) is 0 Å². The Morgan fingerprint density at radius 1 is 1.80 bits per heavy atom. The van der Waals surface area contributed by atoms with Crippen molar-refractivity contribution in [2.75, 3.05) is 0 Å². The van der Waals surface area contributed by atoms with Crippen molar-refractivity contribution in [3.8, 4) is 0 Å². The second-order valence-electron chi connectivity index (χ2n) is 0.519. The summed E-state index contributed by atoms with van der Waals surface area (Å²) < 4.78 is 0. The number of carboxylic acids is 1. The molecule has 2 radical (unpaired) electrons. The molecule has 5 heavy (non-hydrogen) atoms. The SMILES string of the molecule is CC(=O)O.[Be]. The molecular formula is C2H4BeO2. The van der Waals surface area contributed by atoms with Gasteiger partial charge in [-0.3, -0.25) is 4.79 Å². The van der Waals surface area contributed by atoms with E-state index in [2.05, 4.69) is 0 Å². The molecule has 0 saturated heterocycles. The maximum absolute atomic E-state index is 9.00. The first-order valence-corrected chi connectivity index (χ1v) is 0.928. The Morgan fingerprint density at radius 2 is 1.80 bits per heavy atom. The fourth-order valence-electron chi connectivity index (χ4n) is 0. The Morgan fingerprint density at radius 3 is 1.80 bits per heavy atom. The third-order valence-electron chi connectivity index (χ3n) is 0. The second-order valence-corrected chi connectivity index (χ2v) is 0.519. The molecule has 0 rings (SSSR count). The minimum Gasteiger partial charge on any atom is -0.481 e. The van der Waals surface area contributed by atoms with Crippen molar-refractivity contribution in [1.82, 2.24) is 0 Å². The van der Waals surface area contributed by atoms with Gasteiger partial charge >= 0.3 is 0 Å². The van der Waals surface area contributed by atoms with Gasteiger partial charge < -0.3 is 5.11 Å². The van der Waals surface area contributed by atoms with Crippen molar-refractivity contribution in [1.29, 1.82) is 0 Å². The zero-order chi connectivity index (χ0) is 3.58. The van der Waals surface area contributed by atoms with Gasteiger partial charge in [0, 0.05) is 17.0 Å². The molecule has 26 valence electrons. The molecule has 0 unspecified atom stereocenters. The van der Waals surface area contributed by atoms with Gasteiger partial charge in [-0.2, -0.15) is 0 Å². The third-order valence-corrected chi connectivity index (χ3v) is 0. The monoisotopic (exact) mass is 69.0 g/mol. The molecule has 0 saturated carbocycles. The van der Waals surface area contributed by atoms with Crippen molar-refractivity contribution < 1.29 is 9.90 Å². The summed E-state index contributed by atoms with van der Waals surface area (Å²) >= 11 is 0. The van der Waals surface area contributed by atoms with Gasteiger partial charge in [-0.15, -0.1) is 0 Å². The molecular weight excluding hydrogens is 65.0 g/mol. The normalized spacial score (nSPS) is 5.00. The van der Waals surface area contributed by atoms with E-state index < -0.39 is 5.97 Å². The van der Waals surface area contributed by atoms with Gasteiger partial charge in [0.1, 0.15) is 0 Å². The van der Waals surface area contributed by atoms with Crippen molar-refractivity contribution in [2.45, 2.75) is 6.92 Å². The van der Waals surface area contributed by atoms with Crippen molar-refractivity contribution >= 4 is 16.1 Å². The van der Waals surface area contributed by atoms with E-state index in [1.165, 1.54) is 0 Å². The van der Waals surface area contributed by atoms with Crippen LogP contribution in [0.4, 0.5) is 0 Å². The molecule has 1 N–H and O–H groups in total. The summed E-state index contributed by atoms with van der Waals surface area (Å²) in [5.41, 5.74) is 0. The van der Waals surface area contributed by atoms with Crippen LogP contribution >= 0.6 is 0 Å². The molecule has 0 heterocycles. The van der Waals surface area contributed by atoms with Crippen LogP contribution < -0.4 is 0 Å². The maximum Gasteiger partial charge on any atom is 0.300 e. The molecule has 2 nitrogen and oxygen atoms in total. The van der Waals surface area contributed by atoms with Crippen molar-refractivity contribution in [2.24, 2.45) is 0 Å². The molecule has 0 bridgehead atoms. The van der Waals surface area contributed by atoms with Crippen LogP contribution in [0.15, 0.2) is 0 Å². The second kappa shape index (κ2) is 3.64. The van der Waals surface area contributed by atoms with E-state index in [1.54, 1.807) is 0 Å². The fraction of sp³-hybridized carbons (Fsp3) is 0.500. The van der Waals surface area contributed by atoms with E-state index in [-0.39, 0.29) is 10.1 Å². The Balaban J connectivity index is 0. The van der Waals surface area contributed by atoms with Gasteiger partial charge in [-0.05, 0) is 0 Å². The van der Waals surface area contributed by atoms with Crippen LogP contribution in [0.3, 0.4) is 0 Å². The Bertz CT molecular complexity index is 30.6. The summed E-state index contributed by atoms with van der Waals surface area (Å²) in [4.78, 5) is 9.00. The number of hydrogen-bond donors (Lipinski definition) is 1. The van der Waals surface area contributed by atoms with Gasteiger partial charge in [0.25, 0.3) is 5.97 Å². The quantitative estimate of drug-likeness (QED) is 0.397. The van der Waals surface area contributed by atoms with Crippen LogP contribution in [-0.2, 0) is 4.79 Å². The van der Waals surface area contributed by atoms with E-state index in [9.17, 15) is 0 Å². The summed E-state index contributed by atoms with van der Waals surface area (Å²) in [6.07, 6.45) is 0. The zero-order valence-electron chi connectivity index (χ0n) is 3.06. The minimum absolute atomic E-state index is 0. The number of carboxylic acid groups (broad SMARTS) is 1.